The highest BCUT2D eigenvalue weighted by Gasteiger charge is 2.20. The molecule has 0 radical (unpaired) electrons. The first kappa shape index (κ1) is 13.5. The standard InChI is InChI=1S/C17H18N4S/c1-9(2)14-12-5-6-22-17(12)20-15(14)13-7-21-16(18-8-19-21)11(4)10(13)3/h5-9,20H,1-4H3. The van der Waals surface area contributed by atoms with Crippen LogP contribution >= 0.6 is 11.3 Å². The monoisotopic (exact) mass is 310 g/mol. The van der Waals surface area contributed by atoms with Crippen LogP contribution in [0, 0.1) is 13.8 Å². The molecule has 0 aliphatic rings. The highest BCUT2D eigenvalue weighted by molar-refractivity contribution is 7.16. The van der Waals surface area contributed by atoms with E-state index in [9.17, 15) is 0 Å². The van der Waals surface area contributed by atoms with Crippen LogP contribution in [0.25, 0.3) is 27.1 Å². The van der Waals surface area contributed by atoms with Crippen LogP contribution in [-0.4, -0.2) is 19.6 Å². The molecule has 0 bridgehead atoms. The molecular weight excluding hydrogens is 292 g/mol. The fraction of sp³-hybridized carbons (Fsp3) is 0.294. The molecule has 4 aromatic rings. The summed E-state index contributed by atoms with van der Waals surface area (Å²) in [6.07, 6.45) is 3.70. The Morgan fingerprint density at radius 2 is 2.05 bits per heavy atom. The molecular formula is C17H18N4S. The number of thiophene rings is 1. The Labute approximate surface area is 132 Å². The van der Waals surface area contributed by atoms with Gasteiger partial charge in [-0.3, -0.25) is 0 Å². The van der Waals surface area contributed by atoms with E-state index in [4.69, 9.17) is 0 Å². The molecule has 4 heterocycles. The van der Waals surface area contributed by atoms with E-state index in [2.05, 4.69) is 60.4 Å². The van der Waals surface area contributed by atoms with Gasteiger partial charge in [-0.25, -0.2) is 9.50 Å². The van der Waals surface area contributed by atoms with Crippen molar-refractivity contribution in [3.8, 4) is 11.3 Å². The van der Waals surface area contributed by atoms with E-state index in [1.54, 1.807) is 17.7 Å². The zero-order valence-electron chi connectivity index (χ0n) is 13.1. The number of fused-ring (bicyclic) bond motifs is 2. The second-order valence-corrected chi connectivity index (χ2v) is 6.97. The van der Waals surface area contributed by atoms with Crippen LogP contribution < -0.4 is 0 Å². The van der Waals surface area contributed by atoms with Crippen molar-refractivity contribution >= 4 is 27.2 Å². The minimum Gasteiger partial charge on any atom is -0.346 e. The van der Waals surface area contributed by atoms with Gasteiger partial charge in [0.1, 0.15) is 11.2 Å². The van der Waals surface area contributed by atoms with Crippen LogP contribution in [0.2, 0.25) is 0 Å². The third-order valence-electron chi connectivity index (χ3n) is 4.44. The van der Waals surface area contributed by atoms with Crippen molar-refractivity contribution in [1.29, 1.82) is 0 Å². The second-order valence-electron chi connectivity index (χ2n) is 6.05. The maximum absolute atomic E-state index is 4.35. The molecule has 0 aromatic carbocycles. The molecule has 0 saturated heterocycles. The summed E-state index contributed by atoms with van der Waals surface area (Å²) in [4.78, 5) is 9.22. The van der Waals surface area contributed by atoms with E-state index in [0.717, 1.165) is 5.65 Å². The van der Waals surface area contributed by atoms with Gasteiger partial charge in [0.2, 0.25) is 0 Å². The molecule has 0 amide bonds. The van der Waals surface area contributed by atoms with Gasteiger partial charge in [-0.2, -0.15) is 5.10 Å². The minimum atomic E-state index is 0.462. The number of H-pyrrole nitrogens is 1. The molecule has 4 rings (SSSR count). The summed E-state index contributed by atoms with van der Waals surface area (Å²) in [5, 5.41) is 7.80. The van der Waals surface area contributed by atoms with Crippen molar-refractivity contribution in [2.75, 3.05) is 0 Å². The molecule has 0 spiro atoms. The normalized spacial score (nSPS) is 12.0. The Morgan fingerprint density at radius 1 is 1.23 bits per heavy atom. The average molecular weight is 310 g/mol. The lowest BCUT2D eigenvalue weighted by Gasteiger charge is -2.13. The van der Waals surface area contributed by atoms with E-state index in [1.807, 2.05) is 4.52 Å². The van der Waals surface area contributed by atoms with E-state index >= 15 is 0 Å². The molecule has 0 unspecified atom stereocenters. The Kier molecular flexibility index (Phi) is 2.87. The van der Waals surface area contributed by atoms with Crippen LogP contribution in [0.4, 0.5) is 0 Å². The summed E-state index contributed by atoms with van der Waals surface area (Å²) in [6.45, 7) is 8.78. The van der Waals surface area contributed by atoms with Crippen LogP contribution in [0.3, 0.4) is 0 Å². The smallest absolute Gasteiger partial charge is 0.158 e. The number of nitrogens with one attached hydrogen (secondary N) is 1. The molecule has 0 aliphatic carbocycles. The predicted octanol–water partition coefficient (Wildman–Crippen LogP) is 4.68. The summed E-state index contributed by atoms with van der Waals surface area (Å²) in [5.41, 5.74) is 7.19. The molecule has 0 fully saturated rings. The maximum atomic E-state index is 4.35. The third kappa shape index (κ3) is 1.75. The van der Waals surface area contributed by atoms with Crippen molar-refractivity contribution in [3.05, 3.63) is 40.7 Å². The Morgan fingerprint density at radius 3 is 2.82 bits per heavy atom. The topological polar surface area (TPSA) is 46.0 Å². The fourth-order valence-electron chi connectivity index (χ4n) is 3.20. The summed E-state index contributed by atoms with van der Waals surface area (Å²) >= 11 is 1.76. The fourth-order valence-corrected chi connectivity index (χ4v) is 4.01. The van der Waals surface area contributed by atoms with E-state index in [-0.39, 0.29) is 0 Å². The number of hydrogen-bond acceptors (Lipinski definition) is 3. The van der Waals surface area contributed by atoms with Gasteiger partial charge < -0.3 is 4.98 Å². The van der Waals surface area contributed by atoms with Crippen LogP contribution in [0.5, 0.6) is 0 Å². The first-order valence-corrected chi connectivity index (χ1v) is 8.35. The maximum Gasteiger partial charge on any atom is 0.158 e. The molecule has 22 heavy (non-hydrogen) atoms. The summed E-state index contributed by atoms with van der Waals surface area (Å²) < 4.78 is 1.87. The lowest BCUT2D eigenvalue weighted by Crippen LogP contribution is -1.99. The van der Waals surface area contributed by atoms with Crippen molar-refractivity contribution in [1.82, 2.24) is 19.6 Å². The highest BCUT2D eigenvalue weighted by Crippen LogP contribution is 2.39. The lowest BCUT2D eigenvalue weighted by molar-refractivity contribution is 0.876. The first-order chi connectivity index (χ1) is 10.6. The van der Waals surface area contributed by atoms with E-state index in [1.165, 1.54) is 38.2 Å². The zero-order chi connectivity index (χ0) is 15.4. The molecule has 5 heteroatoms. The Balaban J connectivity index is 2.08. The molecule has 4 nitrogen and oxygen atoms in total. The van der Waals surface area contributed by atoms with E-state index in [0.29, 0.717) is 5.92 Å². The van der Waals surface area contributed by atoms with Gasteiger partial charge in [0.25, 0.3) is 0 Å². The summed E-state index contributed by atoms with van der Waals surface area (Å²) in [7, 11) is 0. The van der Waals surface area contributed by atoms with Crippen molar-refractivity contribution in [2.45, 2.75) is 33.6 Å². The highest BCUT2D eigenvalue weighted by atomic mass is 32.1. The van der Waals surface area contributed by atoms with Crippen LogP contribution in [0.15, 0.2) is 24.0 Å². The quantitative estimate of drug-likeness (QED) is 0.584. The minimum absolute atomic E-state index is 0.462. The lowest BCUT2D eigenvalue weighted by atomic mass is 9.94. The van der Waals surface area contributed by atoms with E-state index < -0.39 is 0 Å². The van der Waals surface area contributed by atoms with Gasteiger partial charge >= 0.3 is 0 Å². The second kappa shape index (κ2) is 4.68. The van der Waals surface area contributed by atoms with Gasteiger partial charge in [0.15, 0.2) is 5.65 Å². The Hall–Kier alpha value is -2.14. The molecule has 4 aromatic heterocycles. The number of nitrogens with zero attached hydrogens (tertiary/aromatic N) is 3. The number of aryl methyl sites for hydroxylation is 1. The predicted molar refractivity (Wildman–Crippen MR) is 91.7 cm³/mol. The van der Waals surface area contributed by atoms with Crippen molar-refractivity contribution < 1.29 is 0 Å². The summed E-state index contributed by atoms with van der Waals surface area (Å²) in [5.74, 6) is 0.462. The van der Waals surface area contributed by atoms with Crippen molar-refractivity contribution in [3.63, 3.8) is 0 Å². The molecule has 0 aliphatic heterocycles. The number of pyridine rings is 1. The van der Waals surface area contributed by atoms with Gasteiger partial charge in [0, 0.05) is 17.1 Å². The average Bonchev–Trinajstić information content (AvgIpc) is 3.15. The first-order valence-electron chi connectivity index (χ1n) is 7.47. The molecule has 112 valence electrons. The zero-order valence-corrected chi connectivity index (χ0v) is 14.0. The number of rotatable bonds is 2. The Bertz CT molecular complexity index is 987. The van der Waals surface area contributed by atoms with Gasteiger partial charge in [0.05, 0.1) is 5.69 Å². The molecule has 0 atom stereocenters. The van der Waals surface area contributed by atoms with Gasteiger partial charge in [-0.1, -0.05) is 13.8 Å². The van der Waals surface area contributed by atoms with Gasteiger partial charge in [-0.05, 0) is 47.9 Å². The van der Waals surface area contributed by atoms with Gasteiger partial charge in [-0.15, -0.1) is 11.3 Å². The number of aromatic nitrogens is 4. The largest absolute Gasteiger partial charge is 0.346 e. The molecule has 0 saturated carbocycles. The van der Waals surface area contributed by atoms with Crippen molar-refractivity contribution in [2.24, 2.45) is 0 Å². The summed E-state index contributed by atoms with van der Waals surface area (Å²) in [6, 6.07) is 2.21. The van der Waals surface area contributed by atoms with Crippen LogP contribution in [-0.2, 0) is 0 Å². The van der Waals surface area contributed by atoms with Crippen LogP contribution in [0.1, 0.15) is 36.5 Å². The SMILES string of the molecule is Cc1c(-c2[nH]c3sccc3c2C(C)C)cn2ncnc2c1C. The number of hydrogen-bond donors (Lipinski definition) is 1. The third-order valence-corrected chi connectivity index (χ3v) is 5.27. The molecule has 1 N–H and O–H groups in total. The number of aromatic amines is 1.